The van der Waals surface area contributed by atoms with Crippen LogP contribution in [0.15, 0.2) is 130 Å². The number of hydrogen-bond donors (Lipinski definition) is 0. The first-order chi connectivity index (χ1) is 34.4. The van der Waals surface area contributed by atoms with Gasteiger partial charge in [0.25, 0.3) is 0 Å². The average Bonchev–Trinajstić information content (AvgIpc) is 3.36. The van der Waals surface area contributed by atoms with Gasteiger partial charge in [0.05, 0.1) is 0 Å². The van der Waals surface area contributed by atoms with Gasteiger partial charge in [0.2, 0.25) is 44.6 Å². The third-order valence-corrected chi connectivity index (χ3v) is 13.8. The molecule has 0 radical (unpaired) electrons. The van der Waals surface area contributed by atoms with Gasteiger partial charge in [-0.1, -0.05) is 54.6 Å². The summed E-state index contributed by atoms with van der Waals surface area (Å²) >= 11 is 0. The van der Waals surface area contributed by atoms with Gasteiger partial charge < -0.3 is 18.9 Å². The van der Waals surface area contributed by atoms with Crippen molar-refractivity contribution in [1.29, 1.82) is 0 Å². The highest BCUT2D eigenvalue weighted by Crippen LogP contribution is 2.42. The maximum Gasteiger partial charge on any atom is 0.218 e. The molecule has 0 saturated carbocycles. The molecule has 73 heavy (non-hydrogen) atoms. The fourth-order valence-electron chi connectivity index (χ4n) is 7.15. The van der Waals surface area contributed by atoms with Crippen molar-refractivity contribution in [3.8, 4) is 68.2 Å². The summed E-state index contributed by atoms with van der Waals surface area (Å²) in [7, 11) is -11.0. The second-order valence-electron chi connectivity index (χ2n) is 15.7. The molecule has 0 aliphatic carbocycles. The number of rotatable bonds is 13. The molecule has 0 aliphatic heterocycles. The van der Waals surface area contributed by atoms with Crippen molar-refractivity contribution in [3.05, 3.63) is 196 Å². The van der Waals surface area contributed by atoms with E-state index in [9.17, 15) is 52.0 Å². The predicted molar refractivity (Wildman–Crippen MR) is 237 cm³/mol. The second kappa shape index (κ2) is 19.6. The molecular formula is C51H28F12O8S2. The van der Waals surface area contributed by atoms with E-state index in [0.29, 0.717) is 64.0 Å². The zero-order chi connectivity index (χ0) is 53.0. The monoisotopic (exact) mass is 1060 g/mol. The summed E-state index contributed by atoms with van der Waals surface area (Å²) < 4.78 is 247. The Labute approximate surface area is 406 Å². The molecule has 0 unspecified atom stereocenters. The molecule has 0 bridgehead atoms. The Kier molecular flexibility index (Phi) is 13.8. The molecule has 0 aliphatic rings. The van der Waals surface area contributed by atoms with E-state index in [0.717, 1.165) is 12.1 Å². The van der Waals surface area contributed by atoms with Crippen LogP contribution < -0.4 is 18.9 Å². The van der Waals surface area contributed by atoms with E-state index < -0.39 is 127 Å². The smallest absolute Gasteiger partial charge is 0.218 e. The second-order valence-corrected chi connectivity index (χ2v) is 19.5. The first-order valence-corrected chi connectivity index (χ1v) is 24.0. The van der Waals surface area contributed by atoms with Gasteiger partial charge in [0.15, 0.2) is 56.4 Å². The van der Waals surface area contributed by atoms with Crippen molar-refractivity contribution in [3.63, 3.8) is 0 Å². The van der Waals surface area contributed by atoms with E-state index in [1.165, 1.54) is 36.4 Å². The highest BCUT2D eigenvalue weighted by Gasteiger charge is 2.41. The molecule has 0 saturated heterocycles. The molecule has 8 aromatic carbocycles. The average molecular weight is 1060 g/mol. The van der Waals surface area contributed by atoms with Crippen molar-refractivity contribution in [1.82, 2.24) is 0 Å². The summed E-state index contributed by atoms with van der Waals surface area (Å²) in [5, 5.41) is 0. The molecule has 0 amide bonds. The normalized spacial score (nSPS) is 11.7. The molecule has 22 heteroatoms. The maximum absolute atomic E-state index is 15.2. The highest BCUT2D eigenvalue weighted by atomic mass is 32.2. The molecule has 0 N–H and O–H groups in total. The first kappa shape index (κ1) is 51.4. The Hall–Kier alpha value is -7.98. The van der Waals surface area contributed by atoms with Crippen LogP contribution in [0.4, 0.5) is 52.7 Å². The van der Waals surface area contributed by atoms with Crippen molar-refractivity contribution >= 4 is 19.7 Å². The van der Waals surface area contributed by atoms with E-state index in [-0.39, 0.29) is 5.75 Å². The molecule has 0 fully saturated rings. The van der Waals surface area contributed by atoms with Crippen LogP contribution in [0, 0.1) is 83.7 Å². The van der Waals surface area contributed by atoms with Crippen LogP contribution in [-0.4, -0.2) is 23.1 Å². The van der Waals surface area contributed by atoms with Gasteiger partial charge in [-0.3, -0.25) is 0 Å². The minimum Gasteiger partial charge on any atom is -0.457 e. The molecule has 0 spiro atoms. The summed E-state index contributed by atoms with van der Waals surface area (Å²) in [6.07, 6.45) is 0.393. The number of benzene rings is 8. The van der Waals surface area contributed by atoms with Gasteiger partial charge in [-0.15, -0.1) is 0 Å². The lowest BCUT2D eigenvalue weighted by Crippen LogP contribution is -2.17. The van der Waals surface area contributed by atoms with E-state index in [2.05, 4.69) is 0 Å². The van der Waals surface area contributed by atoms with Gasteiger partial charge in [0.1, 0.15) is 49.2 Å². The number of hydrogen-bond acceptors (Lipinski definition) is 8. The molecule has 8 rings (SSSR count). The van der Waals surface area contributed by atoms with Crippen LogP contribution in [0.2, 0.25) is 0 Å². The predicted octanol–water partition coefficient (Wildman–Crippen LogP) is 14.7. The number of halogens is 12. The third-order valence-electron chi connectivity index (χ3n) is 10.9. The van der Waals surface area contributed by atoms with Crippen molar-refractivity contribution in [2.75, 3.05) is 6.26 Å². The third kappa shape index (κ3) is 9.62. The fourth-order valence-corrected chi connectivity index (χ4v) is 9.49. The minimum atomic E-state index is -6.32. The largest absolute Gasteiger partial charge is 0.457 e. The lowest BCUT2D eigenvalue weighted by Gasteiger charge is -2.15. The fraction of sp³-hybridized carbons (Fsp3) is 0.0588. The minimum absolute atomic E-state index is 0.214. The van der Waals surface area contributed by atoms with Crippen LogP contribution in [0.25, 0.3) is 22.3 Å². The van der Waals surface area contributed by atoms with Gasteiger partial charge in [-0.05, 0) is 96.8 Å². The van der Waals surface area contributed by atoms with Crippen molar-refractivity contribution in [2.45, 2.75) is 28.5 Å². The van der Waals surface area contributed by atoms with E-state index in [1.54, 1.807) is 73.7 Å². The quantitative estimate of drug-likeness (QED) is 0.0830. The van der Waals surface area contributed by atoms with E-state index >= 15 is 17.6 Å². The zero-order valence-corrected chi connectivity index (χ0v) is 38.7. The molecule has 8 nitrogen and oxygen atoms in total. The van der Waals surface area contributed by atoms with E-state index in [1.807, 2.05) is 0 Å². The molecular weight excluding hydrogens is 1030 g/mol. The van der Waals surface area contributed by atoms with Crippen molar-refractivity contribution < 1.29 is 88.5 Å². The molecule has 0 atom stereocenters. The summed E-state index contributed by atoms with van der Waals surface area (Å²) in [5.74, 6) is -30.5. The van der Waals surface area contributed by atoms with Gasteiger partial charge in [-0.2, -0.15) is 17.6 Å². The SMILES string of the molecule is Cc1c(Oc2ccc(-c3ccc(Oc4c(F)c(F)c(S(C)(=O)=O)c(F)c4F)cc3)cc2)cccc1Oc1ccc(-c2ccc(Oc3c(F)c(F)c(S(=O)(=O)c4c(F)c(F)c(C)c(F)c4F)c(F)c3F)cc2)cc1. The molecule has 0 heterocycles. The first-order valence-electron chi connectivity index (χ1n) is 20.6. The standard InChI is InChI=1S/C51H28F12O8S2/c1-23-33(68-29-15-7-25(8-16-29)27-11-19-31(20-12-27)70-47-37(54)43(60)49(72(3,64)65)44(61)38(47)55)5-4-6-34(23)69-30-17-9-26(10-18-30)28-13-21-32(22-14-28)71-48-39(56)45(62)51(46(63)40(48)57)73(66,67)50-41(58)35(52)24(2)36(53)42(50)59/h4-22H,1-3H3. The molecule has 8 aromatic rings. The lowest BCUT2D eigenvalue weighted by molar-refractivity contribution is 0.350. The molecule has 376 valence electrons. The zero-order valence-electron chi connectivity index (χ0n) is 37.1. The Bertz CT molecular complexity index is 3660. The summed E-state index contributed by atoms with van der Waals surface area (Å²) in [4.78, 5) is -6.84. The summed E-state index contributed by atoms with van der Waals surface area (Å²) in [6.45, 7) is 2.28. The molecule has 0 aromatic heterocycles. The van der Waals surface area contributed by atoms with Crippen LogP contribution in [-0.2, 0) is 19.7 Å². The maximum atomic E-state index is 15.2. The van der Waals surface area contributed by atoms with E-state index in [4.69, 9.17) is 18.9 Å². The topological polar surface area (TPSA) is 105 Å². The Balaban J connectivity index is 0.911. The number of sulfone groups is 2. The van der Waals surface area contributed by atoms with Gasteiger partial charge in [-0.25, -0.2) is 52.0 Å². The van der Waals surface area contributed by atoms with Crippen LogP contribution in [0.3, 0.4) is 0 Å². The van der Waals surface area contributed by atoms with Crippen molar-refractivity contribution in [2.24, 2.45) is 0 Å². The Morgan fingerprint density at radius 2 is 0.575 bits per heavy atom. The van der Waals surface area contributed by atoms with Crippen LogP contribution >= 0.6 is 0 Å². The van der Waals surface area contributed by atoms with Crippen LogP contribution in [0.5, 0.6) is 46.0 Å². The Morgan fingerprint density at radius 1 is 0.315 bits per heavy atom. The van der Waals surface area contributed by atoms with Gasteiger partial charge in [0, 0.05) is 17.4 Å². The van der Waals surface area contributed by atoms with Crippen LogP contribution in [0.1, 0.15) is 11.1 Å². The van der Waals surface area contributed by atoms with Gasteiger partial charge >= 0.3 is 0 Å². The summed E-state index contributed by atoms with van der Waals surface area (Å²) in [5.41, 5.74) is 1.61. The summed E-state index contributed by atoms with van der Waals surface area (Å²) in [6, 6.07) is 28.9. The Morgan fingerprint density at radius 3 is 0.863 bits per heavy atom. The highest BCUT2D eigenvalue weighted by molar-refractivity contribution is 7.91. The number of ether oxygens (including phenoxy) is 4. The lowest BCUT2D eigenvalue weighted by atomic mass is 10.1.